The average Bonchev–Trinajstić information content (AvgIpc) is 3.39. The van der Waals surface area contributed by atoms with E-state index in [0.717, 1.165) is 29.9 Å². The molecule has 0 N–H and O–H groups in total. The van der Waals surface area contributed by atoms with Gasteiger partial charge in [-0.15, -0.1) is 0 Å². The third kappa shape index (κ3) is 6.25. The van der Waals surface area contributed by atoms with Gasteiger partial charge in [0.25, 0.3) is 0 Å². The van der Waals surface area contributed by atoms with Crippen LogP contribution in [0.4, 0.5) is 4.39 Å². The Balaban J connectivity index is 1.37. The molecular formula is C29H38FN3O. The monoisotopic (exact) mass is 463 g/mol. The number of aromatic nitrogens is 2. The molecule has 182 valence electrons. The molecule has 1 amide bonds. The van der Waals surface area contributed by atoms with Gasteiger partial charge in [-0.25, -0.2) is 9.37 Å². The predicted molar refractivity (Wildman–Crippen MR) is 136 cm³/mol. The summed E-state index contributed by atoms with van der Waals surface area (Å²) in [6.45, 7) is 4.40. The second-order valence-corrected chi connectivity index (χ2v) is 9.74. The molecule has 4 nitrogen and oxygen atoms in total. The Kier molecular flexibility index (Phi) is 8.73. The summed E-state index contributed by atoms with van der Waals surface area (Å²) in [5, 5.41) is 0. The van der Waals surface area contributed by atoms with Crippen molar-refractivity contribution in [3.63, 3.8) is 0 Å². The Morgan fingerprint density at radius 3 is 2.32 bits per heavy atom. The van der Waals surface area contributed by atoms with Gasteiger partial charge in [-0.05, 0) is 36.2 Å². The fourth-order valence-electron chi connectivity index (χ4n) is 5.13. The maximum atomic E-state index is 13.2. The van der Waals surface area contributed by atoms with Crippen LogP contribution in [0.25, 0.3) is 11.0 Å². The molecule has 1 aliphatic rings. The van der Waals surface area contributed by atoms with Gasteiger partial charge >= 0.3 is 0 Å². The number of carbonyl (C=O) groups excluding carboxylic acids is 1. The number of carbonyl (C=O) groups is 1. The number of para-hydroxylation sites is 2. The number of unbranched alkanes of at least 4 members (excludes halogenated alkanes) is 8. The van der Waals surface area contributed by atoms with Gasteiger partial charge < -0.3 is 9.47 Å². The molecule has 1 atom stereocenters. The number of benzene rings is 2. The Hall–Kier alpha value is -2.69. The number of hydrogen-bond donors (Lipinski definition) is 0. The topological polar surface area (TPSA) is 38.1 Å². The lowest BCUT2D eigenvalue weighted by molar-refractivity contribution is -0.128. The van der Waals surface area contributed by atoms with E-state index in [1.807, 2.05) is 11.0 Å². The first-order valence-electron chi connectivity index (χ1n) is 13.1. The van der Waals surface area contributed by atoms with E-state index in [0.29, 0.717) is 19.5 Å². The van der Waals surface area contributed by atoms with Crippen molar-refractivity contribution in [3.05, 3.63) is 65.7 Å². The molecule has 1 fully saturated rings. The van der Waals surface area contributed by atoms with Gasteiger partial charge in [0, 0.05) is 32.0 Å². The molecule has 0 bridgehead atoms. The normalized spacial score (nSPS) is 16.1. The molecule has 2 aromatic carbocycles. The molecule has 2 heterocycles. The first kappa shape index (κ1) is 24.4. The molecule has 1 unspecified atom stereocenters. The van der Waals surface area contributed by atoms with Crippen molar-refractivity contribution in [1.82, 2.24) is 14.5 Å². The molecule has 0 aliphatic carbocycles. The predicted octanol–water partition coefficient (Wildman–Crippen LogP) is 7.22. The Labute approximate surface area is 203 Å². The SMILES string of the molecule is CCCCCCCCCCCn1c(C2CC(=O)N(Cc3ccc(F)cc3)C2)nc2ccccc21. The number of rotatable bonds is 13. The zero-order chi connectivity index (χ0) is 23.8. The maximum Gasteiger partial charge on any atom is 0.223 e. The van der Waals surface area contributed by atoms with Crippen molar-refractivity contribution in [2.45, 2.75) is 90.1 Å². The van der Waals surface area contributed by atoms with E-state index in [9.17, 15) is 9.18 Å². The van der Waals surface area contributed by atoms with Crippen LogP contribution in [-0.4, -0.2) is 26.9 Å². The molecule has 1 aromatic heterocycles. The van der Waals surface area contributed by atoms with Crippen LogP contribution in [-0.2, 0) is 17.9 Å². The minimum atomic E-state index is -0.250. The molecular weight excluding hydrogens is 425 g/mol. The summed E-state index contributed by atoms with van der Waals surface area (Å²) in [5.41, 5.74) is 3.14. The highest BCUT2D eigenvalue weighted by atomic mass is 19.1. The van der Waals surface area contributed by atoms with Gasteiger partial charge in [0.1, 0.15) is 11.6 Å². The van der Waals surface area contributed by atoms with E-state index < -0.39 is 0 Å². The van der Waals surface area contributed by atoms with E-state index in [4.69, 9.17) is 4.98 Å². The number of amides is 1. The summed E-state index contributed by atoms with van der Waals surface area (Å²) >= 11 is 0. The van der Waals surface area contributed by atoms with Crippen LogP contribution in [0.15, 0.2) is 48.5 Å². The molecule has 3 aromatic rings. The quantitative estimate of drug-likeness (QED) is 0.251. The second kappa shape index (κ2) is 12.1. The van der Waals surface area contributed by atoms with E-state index in [-0.39, 0.29) is 17.6 Å². The molecule has 0 radical (unpaired) electrons. The van der Waals surface area contributed by atoms with E-state index in [1.54, 1.807) is 12.1 Å². The summed E-state index contributed by atoms with van der Waals surface area (Å²) in [6.07, 6.45) is 12.3. The molecule has 34 heavy (non-hydrogen) atoms. The van der Waals surface area contributed by atoms with Gasteiger partial charge in [0.05, 0.1) is 11.0 Å². The first-order chi connectivity index (χ1) is 16.7. The van der Waals surface area contributed by atoms with Crippen molar-refractivity contribution >= 4 is 16.9 Å². The fraction of sp³-hybridized carbons (Fsp3) is 0.517. The van der Waals surface area contributed by atoms with E-state index in [2.05, 4.69) is 29.7 Å². The van der Waals surface area contributed by atoms with Gasteiger partial charge in [0.15, 0.2) is 0 Å². The fourth-order valence-corrected chi connectivity index (χ4v) is 5.13. The summed E-state index contributed by atoms with van der Waals surface area (Å²) in [5.74, 6) is 1.03. The van der Waals surface area contributed by atoms with Crippen LogP contribution in [0.3, 0.4) is 0 Å². The Morgan fingerprint density at radius 2 is 1.59 bits per heavy atom. The maximum absolute atomic E-state index is 13.2. The highest BCUT2D eigenvalue weighted by molar-refractivity contribution is 5.81. The van der Waals surface area contributed by atoms with Crippen molar-refractivity contribution in [2.75, 3.05) is 6.54 Å². The third-order valence-corrected chi connectivity index (χ3v) is 7.04. The summed E-state index contributed by atoms with van der Waals surface area (Å²) in [6, 6.07) is 14.7. The number of hydrogen-bond acceptors (Lipinski definition) is 2. The lowest BCUT2D eigenvalue weighted by Crippen LogP contribution is -2.24. The van der Waals surface area contributed by atoms with Crippen molar-refractivity contribution < 1.29 is 9.18 Å². The minimum absolute atomic E-state index is 0.0962. The Morgan fingerprint density at radius 1 is 0.912 bits per heavy atom. The van der Waals surface area contributed by atoms with Crippen LogP contribution >= 0.6 is 0 Å². The van der Waals surface area contributed by atoms with Gasteiger partial charge in [-0.2, -0.15) is 0 Å². The molecule has 1 aliphatic heterocycles. The Bertz CT molecular complexity index is 1060. The lowest BCUT2D eigenvalue weighted by Gasteiger charge is -2.17. The van der Waals surface area contributed by atoms with Crippen LogP contribution in [0, 0.1) is 5.82 Å². The summed E-state index contributed by atoms with van der Waals surface area (Å²) in [4.78, 5) is 19.7. The third-order valence-electron chi connectivity index (χ3n) is 7.04. The largest absolute Gasteiger partial charge is 0.338 e. The second-order valence-electron chi connectivity index (χ2n) is 9.74. The molecule has 5 heteroatoms. The number of likely N-dealkylation sites (tertiary alicyclic amines) is 1. The van der Waals surface area contributed by atoms with Gasteiger partial charge in [-0.1, -0.05) is 82.6 Å². The molecule has 1 saturated heterocycles. The van der Waals surface area contributed by atoms with Crippen LogP contribution in [0.1, 0.15) is 88.4 Å². The van der Waals surface area contributed by atoms with Gasteiger partial charge in [0.2, 0.25) is 5.91 Å². The minimum Gasteiger partial charge on any atom is -0.338 e. The summed E-state index contributed by atoms with van der Waals surface area (Å²) in [7, 11) is 0. The first-order valence-corrected chi connectivity index (χ1v) is 13.1. The van der Waals surface area contributed by atoms with Crippen LogP contribution in [0.2, 0.25) is 0 Å². The van der Waals surface area contributed by atoms with Crippen molar-refractivity contribution in [1.29, 1.82) is 0 Å². The number of aryl methyl sites for hydroxylation is 1. The van der Waals surface area contributed by atoms with E-state index in [1.165, 1.54) is 69.0 Å². The lowest BCUT2D eigenvalue weighted by atomic mass is 10.1. The van der Waals surface area contributed by atoms with E-state index >= 15 is 0 Å². The van der Waals surface area contributed by atoms with Crippen molar-refractivity contribution in [2.24, 2.45) is 0 Å². The highest BCUT2D eigenvalue weighted by Crippen LogP contribution is 2.31. The number of fused-ring (bicyclic) bond motifs is 1. The van der Waals surface area contributed by atoms with Crippen LogP contribution in [0.5, 0.6) is 0 Å². The average molecular weight is 464 g/mol. The standard InChI is InChI=1S/C29H38FN3O/c1-2-3-4-5-6-7-8-9-12-19-33-27-14-11-10-13-26(27)31-29(33)24-20-28(34)32(22-24)21-23-15-17-25(30)18-16-23/h10-11,13-18,24H,2-9,12,19-22H2,1H3. The van der Waals surface area contributed by atoms with Crippen molar-refractivity contribution in [3.8, 4) is 0 Å². The zero-order valence-electron chi connectivity index (χ0n) is 20.5. The highest BCUT2D eigenvalue weighted by Gasteiger charge is 2.33. The molecule has 4 rings (SSSR count). The molecule has 0 saturated carbocycles. The van der Waals surface area contributed by atoms with Crippen LogP contribution < -0.4 is 0 Å². The van der Waals surface area contributed by atoms with Gasteiger partial charge in [-0.3, -0.25) is 4.79 Å². The summed E-state index contributed by atoms with van der Waals surface area (Å²) < 4.78 is 15.6. The molecule has 0 spiro atoms. The number of imidazole rings is 1. The zero-order valence-corrected chi connectivity index (χ0v) is 20.5. The number of halogens is 1. The smallest absolute Gasteiger partial charge is 0.223 e. The number of nitrogens with zero attached hydrogens (tertiary/aromatic N) is 3.